The molecule has 0 radical (unpaired) electrons. The van der Waals surface area contributed by atoms with Crippen molar-refractivity contribution in [2.45, 2.75) is 58.3 Å². The molecule has 1 aromatic carbocycles. The van der Waals surface area contributed by atoms with Gasteiger partial charge in [-0.05, 0) is 49.3 Å². The van der Waals surface area contributed by atoms with E-state index in [1.807, 2.05) is 13.8 Å². The number of rotatable bonds is 8. The molecule has 4 rings (SSSR count). The molecule has 0 aliphatic heterocycles. The Morgan fingerprint density at radius 3 is 2.39 bits per heavy atom. The van der Waals surface area contributed by atoms with Gasteiger partial charge in [0.25, 0.3) is 5.09 Å². The van der Waals surface area contributed by atoms with E-state index in [0.29, 0.717) is 11.1 Å². The van der Waals surface area contributed by atoms with Gasteiger partial charge in [0.1, 0.15) is 17.3 Å². The molecule has 3 aliphatic carbocycles. The summed E-state index contributed by atoms with van der Waals surface area (Å²) in [6.07, 6.45) is 1.21. The number of carbonyl (C=O) groups excluding carboxylic acids is 2. The normalized spacial score (nSPS) is 24.3. The lowest BCUT2D eigenvalue weighted by molar-refractivity contribution is -0.757. The Kier molecular flexibility index (Phi) is 5.90. The van der Waals surface area contributed by atoms with Crippen LogP contribution >= 0.6 is 0 Å². The highest BCUT2D eigenvalue weighted by molar-refractivity contribution is 5.86. The summed E-state index contributed by atoms with van der Waals surface area (Å²) < 4.78 is 5.18. The molecule has 9 heteroatoms. The number of Topliss-reactive ketones (excluding diaryl/α,β-unsaturated/α-hetero) is 1. The number of esters is 1. The molecule has 0 spiro atoms. The van der Waals surface area contributed by atoms with Gasteiger partial charge in [-0.1, -0.05) is 13.8 Å². The minimum Gasteiger partial charge on any atom is -0.508 e. The van der Waals surface area contributed by atoms with Crippen molar-refractivity contribution in [1.29, 1.82) is 0 Å². The summed E-state index contributed by atoms with van der Waals surface area (Å²) in [5.74, 6) is -0.762. The Balaban J connectivity index is 1.76. The number of fused-ring (bicyclic) bond motifs is 2. The van der Waals surface area contributed by atoms with Gasteiger partial charge >= 0.3 is 5.97 Å². The van der Waals surface area contributed by atoms with Gasteiger partial charge in [0, 0.05) is 30.2 Å². The van der Waals surface area contributed by atoms with Crippen molar-refractivity contribution in [2.24, 2.45) is 17.3 Å². The summed E-state index contributed by atoms with van der Waals surface area (Å²) in [5, 5.41) is 30.7. The van der Waals surface area contributed by atoms with E-state index in [2.05, 4.69) is 4.84 Å². The van der Waals surface area contributed by atoms with Gasteiger partial charge in [0.05, 0.1) is 18.6 Å². The van der Waals surface area contributed by atoms with Crippen LogP contribution in [0.15, 0.2) is 12.1 Å². The minimum absolute atomic E-state index is 0.0433. The molecule has 0 amide bonds. The van der Waals surface area contributed by atoms with Crippen molar-refractivity contribution in [2.75, 3.05) is 13.2 Å². The van der Waals surface area contributed by atoms with Crippen molar-refractivity contribution in [3.63, 3.8) is 0 Å². The molecule has 0 aromatic heterocycles. The lowest BCUT2D eigenvalue weighted by atomic mass is 9.44. The first-order valence-electron chi connectivity index (χ1n) is 10.4. The van der Waals surface area contributed by atoms with E-state index in [1.54, 1.807) is 13.8 Å². The zero-order chi connectivity index (χ0) is 23.1. The van der Waals surface area contributed by atoms with Crippen LogP contribution in [0, 0.1) is 27.4 Å². The van der Waals surface area contributed by atoms with Gasteiger partial charge in [-0.2, -0.15) is 0 Å². The average Bonchev–Trinajstić information content (AvgIpc) is 2.65. The minimum atomic E-state index is -1.18. The standard InChI is InChI=1S/C22H29NO8/c1-21(2,20(27)30-6-5-7-31-23(28)29)12-8-17(25)19(18(26)9-12)13-10-16(24)15-11-14(13)22(15,3)4/h8-9,13-15,25-26H,5-7,10-11H2,1-4H3/t13-,14+,15+/m0/s1. The number of phenols is 2. The van der Waals surface area contributed by atoms with Crippen LogP contribution in [0.2, 0.25) is 0 Å². The summed E-state index contributed by atoms with van der Waals surface area (Å²) in [5.41, 5.74) is -0.625. The zero-order valence-electron chi connectivity index (χ0n) is 18.2. The molecule has 3 fully saturated rings. The Morgan fingerprint density at radius 2 is 1.87 bits per heavy atom. The maximum atomic E-state index is 12.6. The fraction of sp³-hybridized carbons (Fsp3) is 0.636. The SMILES string of the molecule is CC(C)(C(=O)OCCCO[N+](=O)[O-])c1cc(O)c([C@H]2CC(=O)[C@H]3C[C@H]2C3(C)C)c(O)c1. The van der Waals surface area contributed by atoms with Crippen LogP contribution in [0.1, 0.15) is 64.0 Å². The van der Waals surface area contributed by atoms with Gasteiger partial charge in [-0.15, -0.1) is 10.1 Å². The number of benzene rings is 1. The topological polar surface area (TPSA) is 136 Å². The third kappa shape index (κ3) is 4.05. The summed E-state index contributed by atoms with van der Waals surface area (Å²) in [7, 11) is 0. The van der Waals surface area contributed by atoms with E-state index in [-0.39, 0.29) is 66.5 Å². The quantitative estimate of drug-likeness (QED) is 0.275. The molecule has 3 aliphatic rings. The summed E-state index contributed by atoms with van der Waals surface area (Å²) in [6, 6.07) is 2.88. The Bertz CT molecular complexity index is 884. The Labute approximate surface area is 180 Å². The maximum absolute atomic E-state index is 12.6. The molecular formula is C22H29NO8. The maximum Gasteiger partial charge on any atom is 0.315 e. The second-order valence-corrected chi connectivity index (χ2v) is 9.59. The van der Waals surface area contributed by atoms with E-state index < -0.39 is 16.5 Å². The van der Waals surface area contributed by atoms with Gasteiger partial charge in [0.15, 0.2) is 0 Å². The first-order valence-corrected chi connectivity index (χ1v) is 10.4. The lowest BCUT2D eigenvalue weighted by Crippen LogP contribution is -2.56. The van der Waals surface area contributed by atoms with Gasteiger partial charge < -0.3 is 19.8 Å². The van der Waals surface area contributed by atoms with E-state index >= 15 is 0 Å². The Hall–Kier alpha value is -2.84. The number of hydrogen-bond acceptors (Lipinski definition) is 8. The van der Waals surface area contributed by atoms with Gasteiger partial charge in [-0.25, -0.2) is 0 Å². The summed E-state index contributed by atoms with van der Waals surface area (Å²) in [6.45, 7) is 7.05. The van der Waals surface area contributed by atoms with Crippen LogP contribution in [0.4, 0.5) is 0 Å². The van der Waals surface area contributed by atoms with E-state index in [4.69, 9.17) is 4.74 Å². The molecule has 0 heterocycles. The first kappa shape index (κ1) is 22.8. The largest absolute Gasteiger partial charge is 0.508 e. The predicted molar refractivity (Wildman–Crippen MR) is 109 cm³/mol. The highest BCUT2D eigenvalue weighted by Gasteiger charge is 2.59. The monoisotopic (exact) mass is 435 g/mol. The predicted octanol–water partition coefficient (Wildman–Crippen LogP) is 3.24. The lowest BCUT2D eigenvalue weighted by Gasteiger charge is -2.59. The molecule has 1 aromatic rings. The van der Waals surface area contributed by atoms with Crippen molar-refractivity contribution in [3.05, 3.63) is 33.4 Å². The van der Waals surface area contributed by atoms with Crippen LogP contribution in [-0.4, -0.2) is 40.3 Å². The number of nitrogens with zero attached hydrogens (tertiary/aromatic N) is 1. The van der Waals surface area contributed by atoms with E-state index in [0.717, 1.165) is 6.42 Å². The van der Waals surface area contributed by atoms with Crippen molar-refractivity contribution < 1.29 is 34.5 Å². The number of ketones is 1. The van der Waals surface area contributed by atoms with Crippen LogP contribution in [0.5, 0.6) is 11.5 Å². The number of hydrogen-bond donors (Lipinski definition) is 2. The molecule has 2 bridgehead atoms. The molecule has 9 nitrogen and oxygen atoms in total. The van der Waals surface area contributed by atoms with Crippen molar-refractivity contribution in [3.8, 4) is 11.5 Å². The molecule has 3 atom stereocenters. The first-order chi connectivity index (χ1) is 14.4. The van der Waals surface area contributed by atoms with Gasteiger partial charge in [-0.3, -0.25) is 9.59 Å². The molecular weight excluding hydrogens is 406 g/mol. The average molecular weight is 435 g/mol. The Morgan fingerprint density at radius 1 is 1.26 bits per heavy atom. The molecule has 2 N–H and O–H groups in total. The molecule has 0 saturated heterocycles. The molecule has 31 heavy (non-hydrogen) atoms. The van der Waals surface area contributed by atoms with E-state index in [9.17, 15) is 29.9 Å². The fourth-order valence-corrected chi connectivity index (χ4v) is 5.02. The summed E-state index contributed by atoms with van der Waals surface area (Å²) >= 11 is 0. The van der Waals surface area contributed by atoms with E-state index in [1.165, 1.54) is 12.1 Å². The summed E-state index contributed by atoms with van der Waals surface area (Å²) in [4.78, 5) is 39.3. The molecule has 0 unspecified atom stereocenters. The van der Waals surface area contributed by atoms with Crippen LogP contribution in [-0.2, 0) is 24.6 Å². The van der Waals surface area contributed by atoms with Crippen molar-refractivity contribution >= 4 is 11.8 Å². The molecule has 3 saturated carbocycles. The molecule has 170 valence electrons. The number of ether oxygens (including phenoxy) is 1. The number of carbonyl (C=O) groups is 2. The second-order valence-electron chi connectivity index (χ2n) is 9.59. The highest BCUT2D eigenvalue weighted by Crippen LogP contribution is 2.64. The third-order valence-electron chi connectivity index (χ3n) is 7.10. The zero-order valence-corrected chi connectivity index (χ0v) is 18.2. The van der Waals surface area contributed by atoms with Crippen molar-refractivity contribution in [1.82, 2.24) is 0 Å². The third-order valence-corrected chi connectivity index (χ3v) is 7.10. The van der Waals surface area contributed by atoms with Crippen LogP contribution in [0.25, 0.3) is 0 Å². The number of phenolic OH excluding ortho intramolecular Hbond substituents is 2. The van der Waals surface area contributed by atoms with Crippen LogP contribution in [0.3, 0.4) is 0 Å². The van der Waals surface area contributed by atoms with Crippen LogP contribution < -0.4 is 0 Å². The number of aromatic hydroxyl groups is 2. The fourth-order valence-electron chi connectivity index (χ4n) is 5.02. The highest BCUT2D eigenvalue weighted by atomic mass is 16.9. The second kappa shape index (κ2) is 8.01. The van der Waals surface area contributed by atoms with Gasteiger partial charge in [0.2, 0.25) is 0 Å². The smallest absolute Gasteiger partial charge is 0.315 e.